The monoisotopic (exact) mass is 389 g/mol. The third-order valence-corrected chi connectivity index (χ3v) is 3.72. The number of likely N-dealkylation sites (tertiary alicyclic amines) is 1. The van der Waals surface area contributed by atoms with Crippen LogP contribution in [0.5, 0.6) is 0 Å². The van der Waals surface area contributed by atoms with Crippen LogP contribution in [0.2, 0.25) is 0 Å². The number of hydrogen-bond donors (Lipinski definition) is 1. The van der Waals surface area contributed by atoms with Crippen molar-refractivity contribution in [1.29, 1.82) is 0 Å². The third-order valence-electron chi connectivity index (χ3n) is 3.17. The molecule has 5 nitrogen and oxygen atoms in total. The number of halogens is 1. The summed E-state index contributed by atoms with van der Waals surface area (Å²) < 4.78 is 6.44. The number of aromatic nitrogens is 2. The zero-order chi connectivity index (χ0) is 14.9. The van der Waals surface area contributed by atoms with Crippen LogP contribution in [-0.2, 0) is 4.74 Å². The predicted octanol–water partition coefficient (Wildman–Crippen LogP) is 3.50. The van der Waals surface area contributed by atoms with E-state index in [0.29, 0.717) is 6.54 Å². The van der Waals surface area contributed by atoms with Gasteiger partial charge < -0.3 is 9.72 Å². The quantitative estimate of drug-likeness (QED) is 0.622. The lowest BCUT2D eigenvalue weighted by atomic mass is 10.1. The molecule has 0 aliphatic carbocycles. The number of carbonyl (C=O) groups is 1. The van der Waals surface area contributed by atoms with Gasteiger partial charge in [-0.2, -0.15) is 0 Å². The van der Waals surface area contributed by atoms with Crippen molar-refractivity contribution in [1.82, 2.24) is 14.9 Å². The second-order valence-electron chi connectivity index (χ2n) is 6.00. The molecule has 20 heavy (non-hydrogen) atoms. The lowest BCUT2D eigenvalue weighted by Gasteiger charge is -2.27. The minimum absolute atomic E-state index is 0.0728. The van der Waals surface area contributed by atoms with Gasteiger partial charge in [-0.05, 0) is 55.7 Å². The fourth-order valence-corrected chi connectivity index (χ4v) is 2.72. The number of aromatic amines is 1. The molecule has 1 aromatic heterocycles. The maximum Gasteiger partial charge on any atom is 0.410 e. The lowest BCUT2D eigenvalue weighted by Crippen LogP contribution is -2.37. The Morgan fingerprint density at radius 1 is 1.65 bits per heavy atom. The molecule has 110 valence electrons. The lowest BCUT2D eigenvalue weighted by molar-refractivity contribution is 0.0216. The number of carbonyl (C=O) groups excluding carboxylic acids is 1. The highest BCUT2D eigenvalue weighted by atomic mass is 127. The zero-order valence-corrected chi connectivity index (χ0v) is 14.2. The number of H-pyrrole nitrogens is 1. The number of rotatable bonds is 2. The van der Waals surface area contributed by atoms with Gasteiger partial charge >= 0.3 is 6.09 Å². The number of imidazole rings is 1. The molecule has 0 aromatic carbocycles. The minimum atomic E-state index is -0.495. The average molecular weight is 389 g/mol. The molecule has 0 unspecified atom stereocenters. The van der Waals surface area contributed by atoms with Crippen molar-refractivity contribution in [3.05, 3.63) is 28.4 Å². The van der Waals surface area contributed by atoms with E-state index in [2.05, 4.69) is 39.1 Å². The van der Waals surface area contributed by atoms with E-state index >= 15 is 0 Å². The standard InChI is InChI=1S/C14H20IN3O2/c1-5-9-6-10(12-16-7-11(15)17-12)18(8-9)13(19)20-14(2,3)4/h5,7,9-10H,1,6,8H2,2-4H3,(H,16,17)/t9-,10-/m0/s1. The third kappa shape index (κ3) is 3.53. The Labute approximate surface area is 132 Å². The summed E-state index contributed by atoms with van der Waals surface area (Å²) in [4.78, 5) is 21.6. The molecule has 2 rings (SSSR count). The summed E-state index contributed by atoms with van der Waals surface area (Å²) in [6, 6.07) is -0.0728. The smallest absolute Gasteiger partial charge is 0.410 e. The topological polar surface area (TPSA) is 58.2 Å². The molecule has 0 saturated carbocycles. The summed E-state index contributed by atoms with van der Waals surface area (Å²) in [5, 5.41) is 0. The van der Waals surface area contributed by atoms with E-state index in [9.17, 15) is 4.79 Å². The van der Waals surface area contributed by atoms with E-state index in [1.165, 1.54) is 0 Å². The molecule has 1 saturated heterocycles. The largest absolute Gasteiger partial charge is 0.444 e. The molecular weight excluding hydrogens is 369 g/mol. The number of ether oxygens (including phenoxy) is 1. The van der Waals surface area contributed by atoms with Crippen molar-refractivity contribution >= 4 is 28.7 Å². The van der Waals surface area contributed by atoms with Gasteiger partial charge in [-0.1, -0.05) is 6.08 Å². The molecule has 0 spiro atoms. The summed E-state index contributed by atoms with van der Waals surface area (Å²) in [5.74, 6) is 1.08. The van der Waals surface area contributed by atoms with Gasteiger partial charge in [0, 0.05) is 6.54 Å². The fraction of sp³-hybridized carbons (Fsp3) is 0.571. The van der Waals surface area contributed by atoms with Gasteiger partial charge in [-0.25, -0.2) is 9.78 Å². The van der Waals surface area contributed by atoms with Gasteiger partial charge in [0.15, 0.2) is 0 Å². The average Bonchev–Trinajstić information content (AvgIpc) is 2.92. The first-order chi connectivity index (χ1) is 9.30. The maximum atomic E-state index is 12.3. The minimum Gasteiger partial charge on any atom is -0.444 e. The number of hydrogen-bond acceptors (Lipinski definition) is 3. The van der Waals surface area contributed by atoms with Gasteiger partial charge in [0.05, 0.1) is 15.9 Å². The van der Waals surface area contributed by atoms with Gasteiger partial charge in [0.25, 0.3) is 0 Å². The van der Waals surface area contributed by atoms with Gasteiger partial charge in [0.1, 0.15) is 11.4 Å². The van der Waals surface area contributed by atoms with Crippen molar-refractivity contribution < 1.29 is 9.53 Å². The molecular formula is C14H20IN3O2. The van der Waals surface area contributed by atoms with Crippen molar-refractivity contribution in [2.45, 2.75) is 38.8 Å². The number of nitrogens with one attached hydrogen (secondary N) is 1. The van der Waals surface area contributed by atoms with Crippen LogP contribution in [0.15, 0.2) is 18.9 Å². The molecule has 6 heteroatoms. The van der Waals surface area contributed by atoms with E-state index in [-0.39, 0.29) is 18.1 Å². The second-order valence-corrected chi connectivity index (χ2v) is 7.16. The first-order valence-corrected chi connectivity index (χ1v) is 7.70. The molecule has 1 aliphatic rings. The van der Waals surface area contributed by atoms with Crippen molar-refractivity contribution in [3.8, 4) is 0 Å². The Bertz CT molecular complexity index is 507. The first-order valence-electron chi connectivity index (χ1n) is 6.62. The molecule has 1 aromatic rings. The molecule has 2 heterocycles. The molecule has 0 radical (unpaired) electrons. The van der Waals surface area contributed by atoms with Crippen molar-refractivity contribution in [3.63, 3.8) is 0 Å². The van der Waals surface area contributed by atoms with Crippen LogP contribution >= 0.6 is 22.6 Å². The summed E-state index contributed by atoms with van der Waals surface area (Å²) in [6.07, 6.45) is 4.19. The molecule has 2 atom stereocenters. The Morgan fingerprint density at radius 3 is 2.85 bits per heavy atom. The molecule has 0 bridgehead atoms. The molecule has 1 fully saturated rings. The Morgan fingerprint density at radius 2 is 2.35 bits per heavy atom. The predicted molar refractivity (Wildman–Crippen MR) is 85.3 cm³/mol. The Kier molecular flexibility index (Phi) is 4.41. The van der Waals surface area contributed by atoms with Crippen LogP contribution in [0.4, 0.5) is 4.79 Å². The van der Waals surface area contributed by atoms with Crippen LogP contribution < -0.4 is 0 Å². The highest BCUT2D eigenvalue weighted by Crippen LogP contribution is 2.35. The summed E-state index contributed by atoms with van der Waals surface area (Å²) in [6.45, 7) is 10.1. The van der Waals surface area contributed by atoms with Crippen LogP contribution in [0.25, 0.3) is 0 Å². The molecule has 1 amide bonds. The van der Waals surface area contributed by atoms with Crippen LogP contribution in [0, 0.1) is 9.62 Å². The second kappa shape index (κ2) is 5.75. The normalized spacial score (nSPS) is 22.9. The first kappa shape index (κ1) is 15.3. The van der Waals surface area contributed by atoms with E-state index in [1.807, 2.05) is 26.8 Å². The molecule has 1 N–H and O–H groups in total. The number of amides is 1. The van der Waals surface area contributed by atoms with Gasteiger partial charge in [0.2, 0.25) is 0 Å². The Balaban J connectivity index is 2.19. The van der Waals surface area contributed by atoms with Crippen LogP contribution in [0.1, 0.15) is 39.1 Å². The number of nitrogens with zero attached hydrogens (tertiary/aromatic N) is 2. The van der Waals surface area contributed by atoms with Crippen LogP contribution in [-0.4, -0.2) is 33.1 Å². The van der Waals surface area contributed by atoms with E-state index in [1.54, 1.807) is 11.1 Å². The van der Waals surface area contributed by atoms with Gasteiger partial charge in [-0.15, -0.1) is 6.58 Å². The zero-order valence-electron chi connectivity index (χ0n) is 12.0. The SMILES string of the molecule is C=C[C@H]1C[C@@H](c2ncc(I)[nH]2)N(C(=O)OC(C)(C)C)C1. The maximum absolute atomic E-state index is 12.3. The van der Waals surface area contributed by atoms with E-state index in [0.717, 1.165) is 15.9 Å². The van der Waals surface area contributed by atoms with E-state index in [4.69, 9.17) is 4.74 Å². The summed E-state index contributed by atoms with van der Waals surface area (Å²) >= 11 is 2.18. The van der Waals surface area contributed by atoms with E-state index < -0.39 is 5.60 Å². The summed E-state index contributed by atoms with van der Waals surface area (Å²) in [5.41, 5.74) is -0.495. The highest BCUT2D eigenvalue weighted by Gasteiger charge is 2.38. The fourth-order valence-electron chi connectivity index (χ4n) is 2.30. The van der Waals surface area contributed by atoms with Crippen molar-refractivity contribution in [2.75, 3.05) is 6.54 Å². The highest BCUT2D eigenvalue weighted by molar-refractivity contribution is 14.1. The summed E-state index contributed by atoms with van der Waals surface area (Å²) in [7, 11) is 0. The van der Waals surface area contributed by atoms with Crippen molar-refractivity contribution in [2.24, 2.45) is 5.92 Å². The molecule has 1 aliphatic heterocycles. The van der Waals surface area contributed by atoms with Crippen LogP contribution in [0.3, 0.4) is 0 Å². The Hall–Kier alpha value is -1.05. The van der Waals surface area contributed by atoms with Gasteiger partial charge in [-0.3, -0.25) is 4.90 Å².